The summed E-state index contributed by atoms with van der Waals surface area (Å²) in [7, 11) is 0. The number of nitrogens with two attached hydrogens (primary N) is 1. The summed E-state index contributed by atoms with van der Waals surface area (Å²) in [4.78, 5) is 5.27. The molecule has 0 atom stereocenters. The minimum absolute atomic E-state index is 0.672. The van der Waals surface area contributed by atoms with Crippen LogP contribution >= 0.6 is 23.4 Å². The Morgan fingerprint density at radius 2 is 2.07 bits per heavy atom. The van der Waals surface area contributed by atoms with E-state index in [4.69, 9.17) is 17.3 Å². The van der Waals surface area contributed by atoms with Crippen molar-refractivity contribution in [1.29, 1.82) is 0 Å². The minimum atomic E-state index is 0.672. The van der Waals surface area contributed by atoms with Crippen LogP contribution in [0.4, 0.5) is 5.69 Å². The van der Waals surface area contributed by atoms with Crippen LogP contribution in [0.5, 0.6) is 0 Å². The highest BCUT2D eigenvalue weighted by atomic mass is 35.5. The maximum Gasteiger partial charge on any atom is 0.101 e. The van der Waals surface area contributed by atoms with Gasteiger partial charge in [-0.3, -0.25) is 0 Å². The van der Waals surface area contributed by atoms with Gasteiger partial charge in [-0.25, -0.2) is 4.98 Å². The van der Waals surface area contributed by atoms with Gasteiger partial charge in [0.2, 0.25) is 0 Å². The number of aromatic nitrogens is 1. The van der Waals surface area contributed by atoms with E-state index in [0.29, 0.717) is 5.69 Å². The number of hydrogen-bond acceptors (Lipinski definition) is 3. The van der Waals surface area contributed by atoms with Crippen molar-refractivity contribution in [2.24, 2.45) is 0 Å². The minimum Gasteiger partial charge on any atom is -0.397 e. The number of hydrogen-bond donors (Lipinski definition) is 1. The Bertz CT molecular complexity index is 456. The van der Waals surface area contributed by atoms with Crippen LogP contribution in [0.3, 0.4) is 0 Å². The molecule has 0 unspecified atom stereocenters. The third-order valence-electron chi connectivity index (χ3n) is 1.78. The number of benzene rings is 1. The van der Waals surface area contributed by atoms with Crippen LogP contribution in [0.2, 0.25) is 5.02 Å². The lowest BCUT2D eigenvalue weighted by molar-refractivity contribution is 1.14. The molecule has 0 bridgehead atoms. The summed E-state index contributed by atoms with van der Waals surface area (Å²) in [6.07, 6.45) is 1.65. The normalized spacial score (nSPS) is 10.2. The number of nitrogen functional groups attached to an aromatic ring is 1. The van der Waals surface area contributed by atoms with E-state index in [1.807, 2.05) is 36.4 Å². The standard InChI is InChI=1S/C11H9ClN2S/c12-8-2-1-3-10(6-8)15-11-5-4-9(13)7-14-11/h1-7H,13H2. The second-order valence-corrected chi connectivity index (χ2v) is 4.52. The van der Waals surface area contributed by atoms with Crippen LogP contribution in [0, 0.1) is 0 Å². The van der Waals surface area contributed by atoms with Gasteiger partial charge < -0.3 is 5.73 Å². The molecule has 0 amide bonds. The summed E-state index contributed by atoms with van der Waals surface area (Å²) in [6, 6.07) is 11.4. The third kappa shape index (κ3) is 2.88. The van der Waals surface area contributed by atoms with Gasteiger partial charge in [0.1, 0.15) is 5.03 Å². The van der Waals surface area contributed by atoms with E-state index in [9.17, 15) is 0 Å². The van der Waals surface area contributed by atoms with E-state index in [0.717, 1.165) is 14.9 Å². The number of halogens is 1. The molecule has 2 N–H and O–H groups in total. The quantitative estimate of drug-likeness (QED) is 0.868. The van der Waals surface area contributed by atoms with Gasteiger partial charge in [-0.05, 0) is 30.3 Å². The first-order chi connectivity index (χ1) is 7.24. The lowest BCUT2D eigenvalue weighted by Crippen LogP contribution is -1.86. The van der Waals surface area contributed by atoms with Crippen molar-refractivity contribution < 1.29 is 0 Å². The van der Waals surface area contributed by atoms with Crippen molar-refractivity contribution >= 4 is 29.1 Å². The Kier molecular flexibility index (Phi) is 3.14. The molecule has 4 heteroatoms. The van der Waals surface area contributed by atoms with E-state index < -0.39 is 0 Å². The topological polar surface area (TPSA) is 38.9 Å². The van der Waals surface area contributed by atoms with Gasteiger partial charge in [0.25, 0.3) is 0 Å². The Morgan fingerprint density at radius 3 is 2.73 bits per heavy atom. The van der Waals surface area contributed by atoms with Crippen LogP contribution in [0.25, 0.3) is 0 Å². The van der Waals surface area contributed by atoms with Crippen molar-refractivity contribution in [2.75, 3.05) is 5.73 Å². The maximum atomic E-state index is 5.88. The molecule has 2 nitrogen and oxygen atoms in total. The molecule has 76 valence electrons. The average molecular weight is 237 g/mol. The number of pyridine rings is 1. The fraction of sp³-hybridized carbons (Fsp3) is 0. The fourth-order valence-corrected chi connectivity index (χ4v) is 2.17. The van der Waals surface area contributed by atoms with Gasteiger partial charge in [0, 0.05) is 9.92 Å². The molecule has 0 saturated carbocycles. The molecule has 0 aliphatic rings. The largest absolute Gasteiger partial charge is 0.397 e. The van der Waals surface area contributed by atoms with Gasteiger partial charge in [-0.1, -0.05) is 29.4 Å². The molecule has 1 heterocycles. The van der Waals surface area contributed by atoms with Crippen LogP contribution in [-0.4, -0.2) is 4.98 Å². The van der Waals surface area contributed by atoms with Gasteiger partial charge >= 0.3 is 0 Å². The predicted octanol–water partition coefficient (Wildman–Crippen LogP) is 3.47. The van der Waals surface area contributed by atoms with Gasteiger partial charge in [-0.2, -0.15) is 0 Å². The van der Waals surface area contributed by atoms with Crippen molar-refractivity contribution in [1.82, 2.24) is 4.98 Å². The summed E-state index contributed by atoms with van der Waals surface area (Å²) in [6.45, 7) is 0. The number of anilines is 1. The van der Waals surface area contributed by atoms with E-state index in [-0.39, 0.29) is 0 Å². The van der Waals surface area contributed by atoms with Gasteiger partial charge in [0.15, 0.2) is 0 Å². The summed E-state index contributed by atoms with van der Waals surface area (Å²) >= 11 is 7.44. The highest BCUT2D eigenvalue weighted by Crippen LogP contribution is 2.27. The number of nitrogens with zero attached hydrogens (tertiary/aromatic N) is 1. The molecule has 2 rings (SSSR count). The average Bonchev–Trinajstić information content (AvgIpc) is 2.22. The molecule has 1 aromatic carbocycles. The van der Waals surface area contributed by atoms with Crippen LogP contribution in [0.15, 0.2) is 52.5 Å². The molecule has 0 fully saturated rings. The molecule has 0 saturated heterocycles. The zero-order valence-corrected chi connectivity index (χ0v) is 9.42. The lowest BCUT2D eigenvalue weighted by Gasteiger charge is -2.01. The Morgan fingerprint density at radius 1 is 1.20 bits per heavy atom. The highest BCUT2D eigenvalue weighted by Gasteiger charge is 1.98. The third-order valence-corrected chi connectivity index (χ3v) is 2.95. The predicted molar refractivity (Wildman–Crippen MR) is 64.2 cm³/mol. The molecular formula is C11H9ClN2S. The van der Waals surface area contributed by atoms with Gasteiger partial charge in [0.05, 0.1) is 11.9 Å². The monoisotopic (exact) mass is 236 g/mol. The van der Waals surface area contributed by atoms with Crippen LogP contribution < -0.4 is 5.73 Å². The van der Waals surface area contributed by atoms with Gasteiger partial charge in [-0.15, -0.1) is 0 Å². The second-order valence-electron chi connectivity index (χ2n) is 2.99. The molecule has 1 aromatic heterocycles. The van der Waals surface area contributed by atoms with Crippen molar-refractivity contribution in [3.8, 4) is 0 Å². The Balaban J connectivity index is 2.18. The Hall–Kier alpha value is -1.19. The first-order valence-electron chi connectivity index (χ1n) is 4.39. The first kappa shape index (κ1) is 10.3. The molecule has 0 aliphatic heterocycles. The molecular weight excluding hydrogens is 228 g/mol. The van der Waals surface area contributed by atoms with Crippen molar-refractivity contribution in [3.63, 3.8) is 0 Å². The molecule has 15 heavy (non-hydrogen) atoms. The highest BCUT2D eigenvalue weighted by molar-refractivity contribution is 7.99. The Labute approximate surface area is 97.5 Å². The fourth-order valence-electron chi connectivity index (χ4n) is 1.10. The van der Waals surface area contributed by atoms with Crippen LogP contribution in [-0.2, 0) is 0 Å². The lowest BCUT2D eigenvalue weighted by atomic mass is 10.4. The van der Waals surface area contributed by atoms with Crippen molar-refractivity contribution in [3.05, 3.63) is 47.6 Å². The summed E-state index contributed by atoms with van der Waals surface area (Å²) < 4.78 is 0. The molecule has 0 radical (unpaired) electrons. The van der Waals surface area contributed by atoms with Crippen LogP contribution in [0.1, 0.15) is 0 Å². The summed E-state index contributed by atoms with van der Waals surface area (Å²) in [5.41, 5.74) is 6.22. The SMILES string of the molecule is Nc1ccc(Sc2cccc(Cl)c2)nc1. The molecule has 2 aromatic rings. The molecule has 0 aliphatic carbocycles. The maximum absolute atomic E-state index is 5.88. The summed E-state index contributed by atoms with van der Waals surface area (Å²) in [5, 5.41) is 1.64. The molecule has 0 spiro atoms. The van der Waals surface area contributed by atoms with E-state index in [1.165, 1.54) is 0 Å². The second kappa shape index (κ2) is 4.55. The van der Waals surface area contributed by atoms with Crippen molar-refractivity contribution in [2.45, 2.75) is 9.92 Å². The van der Waals surface area contributed by atoms with E-state index in [2.05, 4.69) is 4.98 Å². The summed E-state index contributed by atoms with van der Waals surface area (Å²) in [5.74, 6) is 0. The first-order valence-corrected chi connectivity index (χ1v) is 5.58. The van der Waals surface area contributed by atoms with E-state index >= 15 is 0 Å². The number of rotatable bonds is 2. The smallest absolute Gasteiger partial charge is 0.101 e. The zero-order valence-electron chi connectivity index (χ0n) is 7.85. The van der Waals surface area contributed by atoms with E-state index in [1.54, 1.807) is 18.0 Å². The zero-order chi connectivity index (χ0) is 10.7.